The third-order valence-electron chi connectivity index (χ3n) is 3.35. The monoisotopic (exact) mass is 307 g/mol. The Hall–Kier alpha value is -1.13. The summed E-state index contributed by atoms with van der Waals surface area (Å²) in [5.41, 5.74) is 3.80. The first-order valence-corrected chi connectivity index (χ1v) is 6.81. The SMILES string of the molecule is CNC(Cc1ccc(Br)cc1)c1cnn(C)c1C. The van der Waals surface area contributed by atoms with Crippen molar-refractivity contribution < 1.29 is 0 Å². The Balaban J connectivity index is 2.19. The Bertz CT molecular complexity index is 516. The van der Waals surface area contributed by atoms with Gasteiger partial charge in [-0.2, -0.15) is 5.10 Å². The van der Waals surface area contributed by atoms with E-state index in [1.807, 2.05) is 25.0 Å². The number of hydrogen-bond donors (Lipinski definition) is 1. The van der Waals surface area contributed by atoms with Crippen molar-refractivity contribution in [2.75, 3.05) is 7.05 Å². The molecule has 3 nitrogen and oxygen atoms in total. The van der Waals surface area contributed by atoms with Crippen LogP contribution in [0.4, 0.5) is 0 Å². The lowest BCUT2D eigenvalue weighted by molar-refractivity contribution is 0.586. The molecule has 0 amide bonds. The molecule has 18 heavy (non-hydrogen) atoms. The maximum Gasteiger partial charge on any atom is 0.0540 e. The Morgan fingerprint density at radius 2 is 2.00 bits per heavy atom. The Labute approximate surface area is 116 Å². The van der Waals surface area contributed by atoms with Crippen LogP contribution < -0.4 is 5.32 Å². The third-order valence-corrected chi connectivity index (χ3v) is 3.88. The molecule has 1 aromatic carbocycles. The molecule has 2 rings (SSSR count). The minimum atomic E-state index is 0.305. The lowest BCUT2D eigenvalue weighted by Crippen LogP contribution is -2.19. The number of nitrogens with zero attached hydrogens (tertiary/aromatic N) is 2. The van der Waals surface area contributed by atoms with E-state index in [1.165, 1.54) is 16.8 Å². The van der Waals surface area contributed by atoms with Gasteiger partial charge in [-0.1, -0.05) is 28.1 Å². The molecule has 0 aliphatic heterocycles. The van der Waals surface area contributed by atoms with Crippen LogP contribution >= 0.6 is 15.9 Å². The van der Waals surface area contributed by atoms with Crippen LogP contribution in [-0.4, -0.2) is 16.8 Å². The van der Waals surface area contributed by atoms with E-state index in [4.69, 9.17) is 0 Å². The lowest BCUT2D eigenvalue weighted by atomic mass is 10.00. The van der Waals surface area contributed by atoms with Crippen LogP contribution in [0.3, 0.4) is 0 Å². The highest BCUT2D eigenvalue weighted by Crippen LogP contribution is 2.21. The van der Waals surface area contributed by atoms with Crippen molar-refractivity contribution in [2.45, 2.75) is 19.4 Å². The third kappa shape index (κ3) is 2.82. The van der Waals surface area contributed by atoms with Gasteiger partial charge in [0.15, 0.2) is 0 Å². The molecule has 1 heterocycles. The summed E-state index contributed by atoms with van der Waals surface area (Å²) in [5, 5.41) is 7.68. The van der Waals surface area contributed by atoms with Crippen molar-refractivity contribution >= 4 is 15.9 Å². The molecule has 1 N–H and O–H groups in total. The molecule has 0 saturated carbocycles. The van der Waals surface area contributed by atoms with Gasteiger partial charge in [-0.05, 0) is 38.1 Å². The summed E-state index contributed by atoms with van der Waals surface area (Å²) in [7, 11) is 3.97. The molecule has 96 valence electrons. The molecule has 2 aromatic rings. The Morgan fingerprint density at radius 1 is 1.33 bits per heavy atom. The molecule has 0 aliphatic rings. The second kappa shape index (κ2) is 5.67. The highest BCUT2D eigenvalue weighted by molar-refractivity contribution is 9.10. The number of aromatic nitrogens is 2. The summed E-state index contributed by atoms with van der Waals surface area (Å²) in [6.45, 7) is 2.11. The number of benzene rings is 1. The standard InChI is InChI=1S/C14H18BrN3/c1-10-13(9-17-18(10)3)14(16-2)8-11-4-6-12(15)7-5-11/h4-7,9,14,16H,8H2,1-3H3. The van der Waals surface area contributed by atoms with E-state index in [-0.39, 0.29) is 0 Å². The molecule has 0 radical (unpaired) electrons. The smallest absolute Gasteiger partial charge is 0.0540 e. The van der Waals surface area contributed by atoms with Crippen molar-refractivity contribution in [1.82, 2.24) is 15.1 Å². The van der Waals surface area contributed by atoms with Gasteiger partial charge in [-0.15, -0.1) is 0 Å². The largest absolute Gasteiger partial charge is 0.313 e. The molecule has 0 bridgehead atoms. The van der Waals surface area contributed by atoms with E-state index in [1.54, 1.807) is 0 Å². The molecule has 4 heteroatoms. The van der Waals surface area contributed by atoms with Gasteiger partial charge in [0.25, 0.3) is 0 Å². The van der Waals surface area contributed by atoms with E-state index in [9.17, 15) is 0 Å². The molecule has 0 aliphatic carbocycles. The average molecular weight is 308 g/mol. The first-order chi connectivity index (χ1) is 8.61. The molecule has 0 spiro atoms. The van der Waals surface area contributed by atoms with Crippen LogP contribution in [0, 0.1) is 6.92 Å². The van der Waals surface area contributed by atoms with Gasteiger partial charge in [-0.25, -0.2) is 0 Å². The van der Waals surface area contributed by atoms with Crippen LogP contribution in [0.5, 0.6) is 0 Å². The van der Waals surface area contributed by atoms with Crippen LogP contribution in [0.2, 0.25) is 0 Å². The summed E-state index contributed by atoms with van der Waals surface area (Å²) >= 11 is 3.46. The highest BCUT2D eigenvalue weighted by Gasteiger charge is 2.15. The van der Waals surface area contributed by atoms with Crippen molar-refractivity contribution in [1.29, 1.82) is 0 Å². The molecule has 1 atom stereocenters. The van der Waals surface area contributed by atoms with E-state index in [0.717, 1.165) is 10.9 Å². The molecule has 1 unspecified atom stereocenters. The predicted octanol–water partition coefficient (Wildman–Crippen LogP) is 2.99. The first-order valence-electron chi connectivity index (χ1n) is 6.02. The van der Waals surface area contributed by atoms with Crippen molar-refractivity contribution in [2.24, 2.45) is 7.05 Å². The predicted molar refractivity (Wildman–Crippen MR) is 77.6 cm³/mol. The normalized spacial score (nSPS) is 12.7. The quantitative estimate of drug-likeness (QED) is 0.941. The fraction of sp³-hybridized carbons (Fsp3) is 0.357. The fourth-order valence-corrected chi connectivity index (χ4v) is 2.35. The summed E-state index contributed by atoms with van der Waals surface area (Å²) in [6.07, 6.45) is 2.92. The average Bonchev–Trinajstić information content (AvgIpc) is 2.70. The Morgan fingerprint density at radius 3 is 2.50 bits per heavy atom. The minimum absolute atomic E-state index is 0.305. The van der Waals surface area contributed by atoms with Gasteiger partial charge < -0.3 is 5.32 Å². The van der Waals surface area contributed by atoms with Gasteiger partial charge in [0.05, 0.1) is 6.20 Å². The van der Waals surface area contributed by atoms with Crippen molar-refractivity contribution in [3.63, 3.8) is 0 Å². The lowest BCUT2D eigenvalue weighted by Gasteiger charge is -2.16. The molecular weight excluding hydrogens is 290 g/mol. The highest BCUT2D eigenvalue weighted by atomic mass is 79.9. The summed E-state index contributed by atoms with van der Waals surface area (Å²) in [5.74, 6) is 0. The zero-order valence-electron chi connectivity index (χ0n) is 10.9. The topological polar surface area (TPSA) is 29.9 Å². The summed E-state index contributed by atoms with van der Waals surface area (Å²) in [4.78, 5) is 0. The zero-order chi connectivity index (χ0) is 13.1. The van der Waals surface area contributed by atoms with E-state index >= 15 is 0 Å². The molecular formula is C14H18BrN3. The summed E-state index contributed by atoms with van der Waals surface area (Å²) < 4.78 is 3.03. The summed E-state index contributed by atoms with van der Waals surface area (Å²) in [6, 6.07) is 8.77. The van der Waals surface area contributed by atoms with Crippen LogP contribution in [-0.2, 0) is 13.5 Å². The van der Waals surface area contributed by atoms with Gasteiger partial charge in [0.2, 0.25) is 0 Å². The van der Waals surface area contributed by atoms with Crippen LogP contribution in [0.1, 0.15) is 22.9 Å². The van der Waals surface area contributed by atoms with Gasteiger partial charge in [-0.3, -0.25) is 4.68 Å². The van der Waals surface area contributed by atoms with E-state index in [0.29, 0.717) is 6.04 Å². The molecule has 0 fully saturated rings. The number of halogens is 1. The van der Waals surface area contributed by atoms with Gasteiger partial charge in [0.1, 0.15) is 0 Å². The van der Waals surface area contributed by atoms with Gasteiger partial charge >= 0.3 is 0 Å². The van der Waals surface area contributed by atoms with E-state index < -0.39 is 0 Å². The first kappa shape index (κ1) is 13.3. The number of nitrogens with one attached hydrogen (secondary N) is 1. The Kier molecular flexibility index (Phi) is 4.19. The van der Waals surface area contributed by atoms with E-state index in [2.05, 4.69) is 57.5 Å². The zero-order valence-corrected chi connectivity index (χ0v) is 12.5. The maximum atomic E-state index is 4.31. The second-order valence-electron chi connectivity index (χ2n) is 4.48. The number of likely N-dealkylation sites (N-methyl/N-ethyl adjacent to an activating group) is 1. The fourth-order valence-electron chi connectivity index (χ4n) is 2.08. The van der Waals surface area contributed by atoms with Crippen molar-refractivity contribution in [3.8, 4) is 0 Å². The van der Waals surface area contributed by atoms with Crippen LogP contribution in [0.15, 0.2) is 34.9 Å². The number of hydrogen-bond acceptors (Lipinski definition) is 2. The molecule has 0 saturated heterocycles. The van der Waals surface area contributed by atoms with Gasteiger partial charge in [0, 0.05) is 28.8 Å². The minimum Gasteiger partial charge on any atom is -0.313 e. The molecule has 1 aromatic heterocycles. The second-order valence-corrected chi connectivity index (χ2v) is 5.40. The van der Waals surface area contributed by atoms with Crippen LogP contribution in [0.25, 0.3) is 0 Å². The number of aryl methyl sites for hydroxylation is 1. The maximum absolute atomic E-state index is 4.31. The number of rotatable bonds is 4. The van der Waals surface area contributed by atoms with Crippen molar-refractivity contribution in [3.05, 3.63) is 51.8 Å².